The van der Waals surface area contributed by atoms with Gasteiger partial charge in [-0.1, -0.05) is 0 Å². The van der Waals surface area contributed by atoms with Crippen molar-refractivity contribution in [2.75, 3.05) is 32.8 Å². The SMILES string of the molecule is CCn1nc(CN2CCCN(C(=O)CCn3cccn3)CC2)c2c1CCOC2. The number of hydrogen-bond acceptors (Lipinski definition) is 5. The molecule has 0 saturated carbocycles. The van der Waals surface area contributed by atoms with Gasteiger partial charge < -0.3 is 9.64 Å². The lowest BCUT2D eigenvalue weighted by Crippen LogP contribution is -2.35. The summed E-state index contributed by atoms with van der Waals surface area (Å²) in [5.41, 5.74) is 3.77. The van der Waals surface area contributed by atoms with Crippen LogP contribution in [0, 0.1) is 0 Å². The Kier molecular flexibility index (Phi) is 6.07. The number of aryl methyl sites for hydroxylation is 2. The first-order chi connectivity index (χ1) is 13.7. The molecular formula is C20H30N6O2. The van der Waals surface area contributed by atoms with Crippen LogP contribution in [0.25, 0.3) is 0 Å². The second-order valence-electron chi connectivity index (χ2n) is 7.52. The molecule has 1 saturated heterocycles. The highest BCUT2D eigenvalue weighted by Crippen LogP contribution is 2.22. The van der Waals surface area contributed by atoms with Gasteiger partial charge in [-0.2, -0.15) is 10.2 Å². The lowest BCUT2D eigenvalue weighted by atomic mass is 10.1. The number of ether oxygens (including phenoxy) is 1. The lowest BCUT2D eigenvalue weighted by Gasteiger charge is -2.22. The van der Waals surface area contributed by atoms with Crippen molar-refractivity contribution in [1.82, 2.24) is 29.4 Å². The largest absolute Gasteiger partial charge is 0.376 e. The minimum absolute atomic E-state index is 0.221. The van der Waals surface area contributed by atoms with Gasteiger partial charge in [0, 0.05) is 82.3 Å². The molecule has 0 aliphatic carbocycles. The third kappa shape index (κ3) is 4.28. The fourth-order valence-electron chi connectivity index (χ4n) is 4.16. The summed E-state index contributed by atoms with van der Waals surface area (Å²) < 4.78 is 9.63. The van der Waals surface area contributed by atoms with Gasteiger partial charge in [0.25, 0.3) is 0 Å². The zero-order valence-electron chi connectivity index (χ0n) is 16.7. The monoisotopic (exact) mass is 386 g/mol. The Bertz CT molecular complexity index is 785. The number of carbonyl (C=O) groups excluding carboxylic acids is 1. The molecule has 2 aromatic heterocycles. The molecule has 0 aromatic carbocycles. The van der Waals surface area contributed by atoms with Crippen molar-refractivity contribution < 1.29 is 9.53 Å². The third-order valence-electron chi connectivity index (χ3n) is 5.71. The first kappa shape index (κ1) is 19.1. The van der Waals surface area contributed by atoms with E-state index in [0.717, 1.165) is 64.4 Å². The highest BCUT2D eigenvalue weighted by Gasteiger charge is 2.24. The van der Waals surface area contributed by atoms with Crippen LogP contribution in [-0.4, -0.2) is 68.1 Å². The van der Waals surface area contributed by atoms with Crippen molar-refractivity contribution in [2.24, 2.45) is 0 Å². The highest BCUT2D eigenvalue weighted by atomic mass is 16.5. The fraction of sp³-hybridized carbons (Fsp3) is 0.650. The van der Waals surface area contributed by atoms with Gasteiger partial charge in [0.2, 0.25) is 5.91 Å². The first-order valence-corrected chi connectivity index (χ1v) is 10.4. The molecule has 1 amide bonds. The summed E-state index contributed by atoms with van der Waals surface area (Å²) >= 11 is 0. The number of fused-ring (bicyclic) bond motifs is 1. The van der Waals surface area contributed by atoms with E-state index in [-0.39, 0.29) is 5.91 Å². The molecule has 1 fully saturated rings. The summed E-state index contributed by atoms with van der Waals surface area (Å²) in [4.78, 5) is 17.0. The average Bonchev–Trinajstić information content (AvgIpc) is 3.29. The van der Waals surface area contributed by atoms with Crippen molar-refractivity contribution in [3.63, 3.8) is 0 Å². The normalized spacial score (nSPS) is 18.1. The number of aromatic nitrogens is 4. The summed E-state index contributed by atoms with van der Waals surface area (Å²) in [7, 11) is 0. The maximum Gasteiger partial charge on any atom is 0.224 e. The van der Waals surface area contributed by atoms with E-state index in [1.54, 1.807) is 6.20 Å². The van der Waals surface area contributed by atoms with Crippen LogP contribution in [0.4, 0.5) is 0 Å². The summed E-state index contributed by atoms with van der Waals surface area (Å²) in [5, 5.41) is 9.03. The number of hydrogen-bond donors (Lipinski definition) is 0. The number of rotatable bonds is 6. The quantitative estimate of drug-likeness (QED) is 0.749. The van der Waals surface area contributed by atoms with Crippen LogP contribution in [0.2, 0.25) is 0 Å². The Hall–Kier alpha value is -2.19. The smallest absolute Gasteiger partial charge is 0.224 e. The molecule has 8 heteroatoms. The predicted octanol–water partition coefficient (Wildman–Crippen LogP) is 1.30. The van der Waals surface area contributed by atoms with E-state index in [9.17, 15) is 4.79 Å². The van der Waals surface area contributed by atoms with Crippen LogP contribution in [0.5, 0.6) is 0 Å². The zero-order valence-corrected chi connectivity index (χ0v) is 16.7. The van der Waals surface area contributed by atoms with Gasteiger partial charge in [0.05, 0.1) is 18.9 Å². The Morgan fingerprint density at radius 1 is 1.25 bits per heavy atom. The summed E-state index contributed by atoms with van der Waals surface area (Å²) in [6.45, 7) is 9.50. The van der Waals surface area contributed by atoms with Crippen molar-refractivity contribution in [1.29, 1.82) is 0 Å². The molecule has 0 unspecified atom stereocenters. The number of nitrogens with zero attached hydrogens (tertiary/aromatic N) is 6. The fourth-order valence-corrected chi connectivity index (χ4v) is 4.16. The van der Waals surface area contributed by atoms with Crippen LogP contribution in [0.15, 0.2) is 18.5 Å². The molecule has 2 aromatic rings. The molecule has 8 nitrogen and oxygen atoms in total. The van der Waals surface area contributed by atoms with E-state index in [1.165, 1.54) is 11.3 Å². The van der Waals surface area contributed by atoms with E-state index >= 15 is 0 Å². The number of amides is 1. The van der Waals surface area contributed by atoms with Crippen LogP contribution >= 0.6 is 0 Å². The maximum absolute atomic E-state index is 12.6. The van der Waals surface area contributed by atoms with Gasteiger partial charge in [-0.3, -0.25) is 19.1 Å². The zero-order chi connectivity index (χ0) is 19.3. The minimum Gasteiger partial charge on any atom is -0.376 e. The lowest BCUT2D eigenvalue weighted by molar-refractivity contribution is -0.131. The van der Waals surface area contributed by atoms with Crippen LogP contribution in [-0.2, 0) is 42.2 Å². The number of carbonyl (C=O) groups is 1. The molecule has 2 aliphatic heterocycles. The van der Waals surface area contributed by atoms with Gasteiger partial charge in [-0.05, 0) is 19.4 Å². The Balaban J connectivity index is 1.33. The molecule has 0 atom stereocenters. The molecule has 0 N–H and O–H groups in total. The van der Waals surface area contributed by atoms with Gasteiger partial charge in [0.1, 0.15) is 0 Å². The molecule has 4 heterocycles. The Morgan fingerprint density at radius 3 is 3.00 bits per heavy atom. The Labute approximate surface area is 166 Å². The molecular weight excluding hydrogens is 356 g/mol. The molecule has 28 heavy (non-hydrogen) atoms. The maximum atomic E-state index is 12.6. The van der Waals surface area contributed by atoms with Crippen molar-refractivity contribution in [3.05, 3.63) is 35.4 Å². The molecule has 4 rings (SSSR count). The minimum atomic E-state index is 0.221. The van der Waals surface area contributed by atoms with Gasteiger partial charge in [-0.25, -0.2) is 0 Å². The topological polar surface area (TPSA) is 68.4 Å². The highest BCUT2D eigenvalue weighted by molar-refractivity contribution is 5.76. The summed E-state index contributed by atoms with van der Waals surface area (Å²) in [6, 6.07) is 1.89. The Morgan fingerprint density at radius 2 is 2.18 bits per heavy atom. The van der Waals surface area contributed by atoms with Crippen molar-refractivity contribution >= 4 is 5.91 Å². The van der Waals surface area contributed by atoms with E-state index < -0.39 is 0 Å². The summed E-state index contributed by atoms with van der Waals surface area (Å²) in [5.74, 6) is 0.221. The van der Waals surface area contributed by atoms with Crippen molar-refractivity contribution in [2.45, 2.75) is 52.4 Å². The van der Waals surface area contributed by atoms with Crippen molar-refractivity contribution in [3.8, 4) is 0 Å². The van der Waals surface area contributed by atoms with Gasteiger partial charge in [-0.15, -0.1) is 0 Å². The second kappa shape index (κ2) is 8.87. The molecule has 2 aliphatic rings. The molecule has 0 radical (unpaired) electrons. The van der Waals surface area contributed by atoms with Gasteiger partial charge >= 0.3 is 0 Å². The predicted molar refractivity (Wildman–Crippen MR) is 105 cm³/mol. The van der Waals surface area contributed by atoms with E-state index in [2.05, 4.69) is 21.6 Å². The average molecular weight is 387 g/mol. The van der Waals surface area contributed by atoms with Gasteiger partial charge in [0.15, 0.2) is 0 Å². The molecule has 152 valence electrons. The standard InChI is InChI=1S/C20H30N6O2/c1-2-26-19-6-14-28-16-17(19)18(22-26)15-23-8-4-9-24(13-12-23)20(27)5-11-25-10-3-7-21-25/h3,7,10H,2,4-6,8-9,11-16H2,1H3. The van der Waals surface area contributed by atoms with Crippen LogP contribution < -0.4 is 0 Å². The first-order valence-electron chi connectivity index (χ1n) is 10.4. The van der Waals surface area contributed by atoms with Crippen LogP contribution in [0.3, 0.4) is 0 Å². The van der Waals surface area contributed by atoms with E-state index in [4.69, 9.17) is 9.84 Å². The third-order valence-corrected chi connectivity index (χ3v) is 5.71. The summed E-state index contributed by atoms with van der Waals surface area (Å²) in [6.07, 6.45) is 6.11. The molecule has 0 spiro atoms. The second-order valence-corrected chi connectivity index (χ2v) is 7.52. The van der Waals surface area contributed by atoms with E-state index in [1.807, 2.05) is 21.8 Å². The van der Waals surface area contributed by atoms with E-state index in [0.29, 0.717) is 19.6 Å². The van der Waals surface area contributed by atoms with Crippen LogP contribution in [0.1, 0.15) is 36.7 Å². The molecule has 0 bridgehead atoms.